The first kappa shape index (κ1) is 15.7. The first-order chi connectivity index (χ1) is 9.55. The highest BCUT2D eigenvalue weighted by Gasteiger charge is 2.21. The van der Waals surface area contributed by atoms with E-state index in [1.807, 2.05) is 12.1 Å². The number of nitrogens with zero attached hydrogens (tertiary/aromatic N) is 1. The fraction of sp³-hybridized carbons (Fsp3) is 0.647. The number of benzene rings is 1. The largest absolute Gasteiger partial charge is 0.303 e. The highest BCUT2D eigenvalue weighted by Crippen LogP contribution is 2.19. The zero-order valence-corrected chi connectivity index (χ0v) is 14.0. The molecule has 0 radical (unpaired) electrons. The topological polar surface area (TPSA) is 3.24 Å². The maximum absolute atomic E-state index is 12.9. The molecule has 1 saturated heterocycles. The molecule has 1 aromatic rings. The molecule has 0 unspecified atom stereocenters. The summed E-state index contributed by atoms with van der Waals surface area (Å²) < 4.78 is 12.9. The fourth-order valence-electron chi connectivity index (χ4n) is 3.21. The molecule has 2 rings (SSSR count). The van der Waals surface area contributed by atoms with Crippen LogP contribution < -0.4 is 0 Å². The lowest BCUT2D eigenvalue weighted by atomic mass is 10.1. The lowest BCUT2D eigenvalue weighted by molar-refractivity contribution is 0.229. The van der Waals surface area contributed by atoms with E-state index in [4.69, 9.17) is 0 Å². The lowest BCUT2D eigenvalue weighted by Crippen LogP contribution is -2.34. The third-order valence-corrected chi connectivity index (χ3v) is 7.44. The van der Waals surface area contributed by atoms with E-state index in [9.17, 15) is 4.39 Å². The summed E-state index contributed by atoms with van der Waals surface area (Å²) in [6, 6.07) is 9.64. The Morgan fingerprint density at radius 3 is 2.35 bits per heavy atom. The van der Waals surface area contributed by atoms with Gasteiger partial charge in [0, 0.05) is 0 Å². The first-order valence-electron chi connectivity index (χ1n) is 8.02. The lowest BCUT2D eigenvalue weighted by Gasteiger charge is -2.28. The molecule has 0 atom stereocenters. The van der Waals surface area contributed by atoms with Crippen LogP contribution in [0.4, 0.5) is 4.39 Å². The third-order valence-electron chi connectivity index (χ3n) is 4.37. The number of hydrogen-bond donors (Lipinski definition) is 0. The van der Waals surface area contributed by atoms with Crippen LogP contribution >= 0.6 is 0 Å². The second kappa shape index (κ2) is 7.37. The van der Waals surface area contributed by atoms with E-state index >= 15 is 0 Å². The van der Waals surface area contributed by atoms with Crippen molar-refractivity contribution in [1.29, 1.82) is 0 Å². The monoisotopic (exact) mass is 293 g/mol. The minimum absolute atomic E-state index is 0.127. The van der Waals surface area contributed by atoms with E-state index in [2.05, 4.69) is 18.0 Å². The Morgan fingerprint density at radius 1 is 1.05 bits per heavy atom. The van der Waals surface area contributed by atoms with Crippen molar-refractivity contribution in [3.8, 4) is 0 Å². The maximum atomic E-state index is 12.9. The van der Waals surface area contributed by atoms with Crippen molar-refractivity contribution >= 4 is 8.07 Å². The molecular formula is C17H28FNSi. The van der Waals surface area contributed by atoms with Gasteiger partial charge >= 0.3 is 0 Å². The summed E-state index contributed by atoms with van der Waals surface area (Å²) in [7, 11) is -1.20. The van der Waals surface area contributed by atoms with Crippen molar-refractivity contribution < 1.29 is 4.39 Å². The van der Waals surface area contributed by atoms with E-state index in [1.165, 1.54) is 63.0 Å². The molecule has 0 aliphatic carbocycles. The highest BCUT2D eigenvalue weighted by molar-refractivity contribution is 6.76. The minimum Gasteiger partial charge on any atom is -0.303 e. The molecule has 0 bridgehead atoms. The summed E-state index contributed by atoms with van der Waals surface area (Å²) >= 11 is 0. The van der Waals surface area contributed by atoms with Gasteiger partial charge in [0.1, 0.15) is 5.82 Å². The molecule has 0 aromatic heterocycles. The van der Waals surface area contributed by atoms with Crippen LogP contribution in [0.3, 0.4) is 0 Å². The molecule has 1 aliphatic rings. The van der Waals surface area contributed by atoms with Crippen LogP contribution in [0.1, 0.15) is 31.2 Å². The van der Waals surface area contributed by atoms with E-state index in [1.54, 1.807) is 12.1 Å². The highest BCUT2D eigenvalue weighted by atomic mass is 28.3. The Kier molecular flexibility index (Phi) is 5.79. The Balaban J connectivity index is 1.73. The van der Waals surface area contributed by atoms with Crippen molar-refractivity contribution in [3.63, 3.8) is 0 Å². The molecule has 0 saturated carbocycles. The minimum atomic E-state index is -1.20. The molecule has 0 amide bonds. The summed E-state index contributed by atoms with van der Waals surface area (Å²) in [5.74, 6) is -0.127. The van der Waals surface area contributed by atoms with E-state index in [-0.39, 0.29) is 5.82 Å². The molecular weight excluding hydrogens is 265 g/mol. The van der Waals surface area contributed by atoms with Crippen LogP contribution in [0.15, 0.2) is 24.3 Å². The molecule has 0 spiro atoms. The quantitative estimate of drug-likeness (QED) is 0.698. The predicted octanol–water partition coefficient (Wildman–Crippen LogP) is 4.49. The van der Waals surface area contributed by atoms with Gasteiger partial charge < -0.3 is 4.90 Å². The summed E-state index contributed by atoms with van der Waals surface area (Å²) in [6.07, 6.45) is 5.52. The zero-order chi connectivity index (χ0) is 14.4. The van der Waals surface area contributed by atoms with Gasteiger partial charge in [-0.1, -0.05) is 43.3 Å². The summed E-state index contributed by atoms with van der Waals surface area (Å²) in [6.45, 7) is 8.82. The number of rotatable bonds is 6. The average molecular weight is 294 g/mol. The molecule has 3 heteroatoms. The Morgan fingerprint density at radius 2 is 1.70 bits per heavy atom. The zero-order valence-electron chi connectivity index (χ0n) is 13.0. The standard InChI is InChI=1S/C17H28FNSi/c1-20(2,15-16-7-9-17(18)10-8-16)14-6-13-19-11-4-3-5-12-19/h7-10H,3-6,11-15H2,1-2H3. The van der Waals surface area contributed by atoms with Crippen LogP contribution in [0, 0.1) is 5.82 Å². The summed E-state index contributed by atoms with van der Waals surface area (Å²) in [4.78, 5) is 2.63. The van der Waals surface area contributed by atoms with Crippen molar-refractivity contribution in [2.75, 3.05) is 19.6 Å². The molecule has 1 heterocycles. The van der Waals surface area contributed by atoms with Crippen LogP contribution in [0.5, 0.6) is 0 Å². The molecule has 20 heavy (non-hydrogen) atoms. The second-order valence-electron chi connectivity index (χ2n) is 6.97. The second-order valence-corrected chi connectivity index (χ2v) is 12.2. The Labute approximate surface area is 124 Å². The van der Waals surface area contributed by atoms with Gasteiger partial charge in [-0.25, -0.2) is 4.39 Å². The third kappa shape index (κ3) is 5.37. The molecule has 112 valence electrons. The average Bonchev–Trinajstić information content (AvgIpc) is 2.42. The van der Waals surface area contributed by atoms with Gasteiger partial charge in [-0.15, -0.1) is 0 Å². The SMILES string of the molecule is C[Si](C)(CCCN1CCCCC1)Cc1ccc(F)cc1. The maximum Gasteiger partial charge on any atom is 0.123 e. The molecule has 1 fully saturated rings. The Hall–Kier alpha value is -0.673. The van der Waals surface area contributed by atoms with Crippen LogP contribution in [0.25, 0.3) is 0 Å². The van der Waals surface area contributed by atoms with Crippen LogP contribution in [-0.4, -0.2) is 32.6 Å². The summed E-state index contributed by atoms with van der Waals surface area (Å²) in [5.41, 5.74) is 1.31. The van der Waals surface area contributed by atoms with Crippen LogP contribution in [-0.2, 0) is 6.04 Å². The number of likely N-dealkylation sites (tertiary alicyclic amines) is 1. The van der Waals surface area contributed by atoms with E-state index in [0.29, 0.717) is 0 Å². The van der Waals surface area contributed by atoms with Crippen molar-refractivity contribution in [1.82, 2.24) is 4.90 Å². The molecule has 1 nitrogen and oxygen atoms in total. The van der Waals surface area contributed by atoms with Crippen molar-refractivity contribution in [3.05, 3.63) is 35.6 Å². The van der Waals surface area contributed by atoms with E-state index < -0.39 is 8.07 Å². The van der Waals surface area contributed by atoms with Gasteiger partial charge in [0.25, 0.3) is 0 Å². The van der Waals surface area contributed by atoms with Gasteiger partial charge in [-0.2, -0.15) is 0 Å². The van der Waals surface area contributed by atoms with Crippen molar-refractivity contribution in [2.45, 2.75) is 50.9 Å². The van der Waals surface area contributed by atoms with Gasteiger partial charge in [0.05, 0.1) is 8.07 Å². The first-order valence-corrected chi connectivity index (χ1v) is 11.4. The smallest absolute Gasteiger partial charge is 0.123 e. The number of halogens is 1. The number of hydrogen-bond acceptors (Lipinski definition) is 1. The predicted molar refractivity (Wildman–Crippen MR) is 87.3 cm³/mol. The molecule has 1 aliphatic heterocycles. The summed E-state index contributed by atoms with van der Waals surface area (Å²) in [5, 5.41) is 0. The van der Waals surface area contributed by atoms with Crippen LogP contribution in [0.2, 0.25) is 19.1 Å². The van der Waals surface area contributed by atoms with Gasteiger partial charge in [0.2, 0.25) is 0 Å². The normalized spacial score (nSPS) is 17.4. The van der Waals surface area contributed by atoms with Gasteiger partial charge in [-0.05, 0) is 57.1 Å². The Bertz CT molecular complexity index is 396. The van der Waals surface area contributed by atoms with Gasteiger partial charge in [-0.3, -0.25) is 0 Å². The van der Waals surface area contributed by atoms with Crippen molar-refractivity contribution in [2.24, 2.45) is 0 Å². The number of piperidine rings is 1. The molecule has 0 N–H and O–H groups in total. The fourth-order valence-corrected chi connectivity index (χ4v) is 5.84. The van der Waals surface area contributed by atoms with Gasteiger partial charge in [0.15, 0.2) is 0 Å². The molecule has 1 aromatic carbocycles. The van der Waals surface area contributed by atoms with E-state index in [0.717, 1.165) is 0 Å².